The molecule has 1 heterocycles. The van der Waals surface area contributed by atoms with Gasteiger partial charge in [0.2, 0.25) is 0 Å². The molecule has 0 aromatic heterocycles. The number of likely N-dealkylation sites (tertiary alicyclic amines) is 1. The first-order valence-electron chi connectivity index (χ1n) is 9.75. The maximum atomic E-state index is 12.8. The minimum atomic E-state index is -0.702. The Balaban J connectivity index is 1.78. The summed E-state index contributed by atoms with van der Waals surface area (Å²) in [6, 6.07) is 16.5. The second-order valence-electron chi connectivity index (χ2n) is 7.33. The fourth-order valence-corrected chi connectivity index (χ4v) is 3.99. The summed E-state index contributed by atoms with van der Waals surface area (Å²) in [5.74, 6) is 0.354. The highest BCUT2D eigenvalue weighted by molar-refractivity contribution is 5.97. The van der Waals surface area contributed by atoms with Gasteiger partial charge in [0.1, 0.15) is 24.4 Å². The molecule has 1 saturated heterocycles. The van der Waals surface area contributed by atoms with Crippen LogP contribution in [0.2, 0.25) is 0 Å². The molecule has 29 heavy (non-hydrogen) atoms. The van der Waals surface area contributed by atoms with Crippen molar-refractivity contribution in [2.24, 2.45) is 0 Å². The number of piperidine rings is 1. The van der Waals surface area contributed by atoms with Gasteiger partial charge in [-0.05, 0) is 30.5 Å². The van der Waals surface area contributed by atoms with Gasteiger partial charge in [-0.1, -0.05) is 42.5 Å². The van der Waals surface area contributed by atoms with Gasteiger partial charge in [0, 0.05) is 25.0 Å². The molecule has 1 fully saturated rings. The van der Waals surface area contributed by atoms with Crippen molar-refractivity contribution in [3.63, 3.8) is 0 Å². The van der Waals surface area contributed by atoms with Gasteiger partial charge < -0.3 is 19.6 Å². The number of ether oxygens (including phenoxy) is 1. The molecule has 152 valence electrons. The van der Waals surface area contributed by atoms with E-state index in [1.165, 1.54) is 0 Å². The Morgan fingerprint density at radius 2 is 1.69 bits per heavy atom. The van der Waals surface area contributed by atoms with Crippen molar-refractivity contribution in [1.29, 1.82) is 0 Å². The van der Waals surface area contributed by atoms with Gasteiger partial charge in [-0.15, -0.1) is 0 Å². The number of nitrogens with zero attached hydrogens (tertiary/aromatic N) is 1. The van der Waals surface area contributed by atoms with Crippen molar-refractivity contribution in [3.05, 3.63) is 65.7 Å². The zero-order valence-corrected chi connectivity index (χ0v) is 16.5. The van der Waals surface area contributed by atoms with Crippen molar-refractivity contribution in [2.75, 3.05) is 26.7 Å². The van der Waals surface area contributed by atoms with Crippen LogP contribution in [0, 0.1) is 0 Å². The molecule has 0 unspecified atom stereocenters. The molecule has 0 spiro atoms. The molecule has 6 heteroatoms. The first-order chi connectivity index (χ1) is 14.1. The Kier molecular flexibility index (Phi) is 6.77. The van der Waals surface area contributed by atoms with Gasteiger partial charge >= 0.3 is 0 Å². The van der Waals surface area contributed by atoms with E-state index in [1.54, 1.807) is 19.2 Å². The van der Waals surface area contributed by atoms with E-state index in [2.05, 4.69) is 17.4 Å². The van der Waals surface area contributed by atoms with Crippen LogP contribution >= 0.6 is 0 Å². The molecule has 1 aliphatic heterocycles. The predicted octanol–water partition coefficient (Wildman–Crippen LogP) is 2.23. The fourth-order valence-electron chi connectivity index (χ4n) is 3.99. The Labute approximate surface area is 170 Å². The van der Waals surface area contributed by atoms with Crippen LogP contribution in [0.5, 0.6) is 5.75 Å². The Morgan fingerprint density at radius 1 is 1.07 bits per heavy atom. The maximum absolute atomic E-state index is 12.8. The van der Waals surface area contributed by atoms with E-state index in [0.717, 1.165) is 18.4 Å². The SMILES string of the molecule is COc1ccccc1C(=O)NCC1(c2ccccc2)CCN(C(C=O)C=O)CC1. The molecule has 2 aromatic carbocycles. The Morgan fingerprint density at radius 3 is 2.31 bits per heavy atom. The molecule has 3 rings (SSSR count). The lowest BCUT2D eigenvalue weighted by Crippen LogP contribution is -2.52. The molecular weight excluding hydrogens is 368 g/mol. The molecule has 0 aliphatic carbocycles. The summed E-state index contributed by atoms with van der Waals surface area (Å²) in [5, 5.41) is 3.08. The van der Waals surface area contributed by atoms with Gasteiger partial charge in [-0.2, -0.15) is 0 Å². The summed E-state index contributed by atoms with van der Waals surface area (Å²) in [6.07, 6.45) is 2.85. The third-order valence-electron chi connectivity index (χ3n) is 5.78. The third-order valence-corrected chi connectivity index (χ3v) is 5.78. The molecule has 1 amide bonds. The maximum Gasteiger partial charge on any atom is 0.255 e. The second-order valence-corrected chi connectivity index (χ2v) is 7.33. The summed E-state index contributed by atoms with van der Waals surface area (Å²) in [5.41, 5.74) is 1.39. The predicted molar refractivity (Wildman–Crippen MR) is 110 cm³/mol. The van der Waals surface area contributed by atoms with Crippen molar-refractivity contribution in [3.8, 4) is 5.75 Å². The first-order valence-corrected chi connectivity index (χ1v) is 9.75. The number of amides is 1. The molecule has 6 nitrogen and oxygen atoms in total. The summed E-state index contributed by atoms with van der Waals surface area (Å²) in [6.45, 7) is 1.69. The molecular formula is C23H26N2O4. The number of hydrogen-bond acceptors (Lipinski definition) is 5. The monoisotopic (exact) mass is 394 g/mol. The van der Waals surface area contributed by atoms with E-state index < -0.39 is 6.04 Å². The van der Waals surface area contributed by atoms with Crippen LogP contribution in [0.15, 0.2) is 54.6 Å². The van der Waals surface area contributed by atoms with Crippen molar-refractivity contribution in [1.82, 2.24) is 10.2 Å². The number of carbonyl (C=O) groups is 3. The lowest BCUT2D eigenvalue weighted by Gasteiger charge is -2.43. The summed E-state index contributed by atoms with van der Waals surface area (Å²) in [7, 11) is 1.55. The zero-order valence-electron chi connectivity index (χ0n) is 16.5. The number of hydrogen-bond donors (Lipinski definition) is 1. The van der Waals surface area contributed by atoms with Crippen LogP contribution in [0.3, 0.4) is 0 Å². The normalized spacial score (nSPS) is 16.2. The van der Waals surface area contributed by atoms with Crippen LogP contribution in [-0.4, -0.2) is 56.2 Å². The number of rotatable bonds is 8. The molecule has 0 bridgehead atoms. The number of aldehydes is 2. The third kappa shape index (κ3) is 4.54. The highest BCUT2D eigenvalue weighted by Crippen LogP contribution is 2.35. The van der Waals surface area contributed by atoms with E-state index in [9.17, 15) is 14.4 Å². The van der Waals surface area contributed by atoms with Crippen LogP contribution in [0.4, 0.5) is 0 Å². The molecule has 0 atom stereocenters. The van der Waals surface area contributed by atoms with Crippen LogP contribution in [0.1, 0.15) is 28.8 Å². The van der Waals surface area contributed by atoms with E-state index in [0.29, 0.717) is 43.5 Å². The van der Waals surface area contributed by atoms with E-state index in [-0.39, 0.29) is 11.3 Å². The number of benzene rings is 2. The Bertz CT molecular complexity index is 837. The largest absolute Gasteiger partial charge is 0.496 e. The molecule has 0 saturated carbocycles. The van der Waals surface area contributed by atoms with E-state index >= 15 is 0 Å². The van der Waals surface area contributed by atoms with E-state index in [4.69, 9.17) is 4.74 Å². The first kappa shape index (κ1) is 20.7. The van der Waals surface area contributed by atoms with Gasteiger partial charge in [0.05, 0.1) is 12.7 Å². The number of nitrogens with one attached hydrogen (secondary N) is 1. The van der Waals surface area contributed by atoms with Crippen LogP contribution in [0.25, 0.3) is 0 Å². The lowest BCUT2D eigenvalue weighted by molar-refractivity contribution is -0.121. The topological polar surface area (TPSA) is 75.7 Å². The minimum Gasteiger partial charge on any atom is -0.496 e. The average molecular weight is 394 g/mol. The molecule has 0 radical (unpaired) electrons. The molecule has 1 N–H and O–H groups in total. The highest BCUT2D eigenvalue weighted by Gasteiger charge is 2.38. The standard InChI is InChI=1S/C23H26N2O4/c1-29-21-10-6-5-9-20(21)22(28)24-17-23(18-7-3-2-4-8-18)11-13-25(14-12-23)19(15-26)16-27/h2-10,15-16,19H,11-14,17H2,1H3,(H,24,28). The highest BCUT2D eigenvalue weighted by atomic mass is 16.5. The lowest BCUT2D eigenvalue weighted by atomic mass is 9.72. The summed E-state index contributed by atoms with van der Waals surface area (Å²) < 4.78 is 5.30. The van der Waals surface area contributed by atoms with Gasteiger partial charge in [0.15, 0.2) is 0 Å². The number of para-hydroxylation sites is 1. The van der Waals surface area contributed by atoms with Crippen LogP contribution in [-0.2, 0) is 15.0 Å². The average Bonchev–Trinajstić information content (AvgIpc) is 2.79. The van der Waals surface area contributed by atoms with Crippen molar-refractivity contribution < 1.29 is 19.1 Å². The number of carbonyl (C=O) groups excluding carboxylic acids is 3. The Hall–Kier alpha value is -2.99. The van der Waals surface area contributed by atoms with Gasteiger partial charge in [-0.3, -0.25) is 9.69 Å². The van der Waals surface area contributed by atoms with Gasteiger partial charge in [-0.25, -0.2) is 0 Å². The van der Waals surface area contributed by atoms with Crippen molar-refractivity contribution in [2.45, 2.75) is 24.3 Å². The van der Waals surface area contributed by atoms with Crippen molar-refractivity contribution >= 4 is 18.5 Å². The van der Waals surface area contributed by atoms with Gasteiger partial charge in [0.25, 0.3) is 5.91 Å². The molecule has 1 aliphatic rings. The fraction of sp³-hybridized carbons (Fsp3) is 0.348. The van der Waals surface area contributed by atoms with E-state index in [1.807, 2.05) is 35.2 Å². The summed E-state index contributed by atoms with van der Waals surface area (Å²) >= 11 is 0. The number of methoxy groups -OCH3 is 1. The second kappa shape index (κ2) is 9.47. The molecule has 2 aromatic rings. The zero-order chi connectivity index (χ0) is 20.7. The summed E-state index contributed by atoms with van der Waals surface area (Å²) in [4.78, 5) is 37.0. The van der Waals surface area contributed by atoms with Crippen LogP contribution < -0.4 is 10.1 Å². The quantitative estimate of drug-likeness (QED) is 0.549. The smallest absolute Gasteiger partial charge is 0.255 e. The minimum absolute atomic E-state index is 0.182.